The lowest BCUT2D eigenvalue weighted by Crippen LogP contribution is -2.40. The minimum atomic E-state index is 0.0730. The highest BCUT2D eigenvalue weighted by molar-refractivity contribution is 5.94. The molecule has 0 aliphatic carbocycles. The van der Waals surface area contributed by atoms with Crippen molar-refractivity contribution in [2.45, 2.75) is 25.8 Å². The normalized spacial score (nSPS) is 17.6. The zero-order valence-electron chi connectivity index (χ0n) is 14.1. The Kier molecular flexibility index (Phi) is 4.05. The molecule has 1 saturated heterocycles. The molecule has 1 fully saturated rings. The number of likely N-dealkylation sites (tertiary alicyclic amines) is 1. The van der Waals surface area contributed by atoms with Crippen LogP contribution in [0.1, 0.15) is 34.8 Å². The number of aryl methyl sites for hydroxylation is 1. The third kappa shape index (κ3) is 3.17. The summed E-state index contributed by atoms with van der Waals surface area (Å²) < 4.78 is 3.80. The van der Waals surface area contributed by atoms with E-state index in [4.69, 9.17) is 0 Å². The van der Waals surface area contributed by atoms with Gasteiger partial charge in [0.1, 0.15) is 12.7 Å². The minimum absolute atomic E-state index is 0.0730. The third-order valence-electron chi connectivity index (χ3n) is 4.62. The van der Waals surface area contributed by atoms with Gasteiger partial charge in [0.2, 0.25) is 0 Å². The number of rotatable bonds is 3. The van der Waals surface area contributed by atoms with E-state index in [1.54, 1.807) is 12.7 Å². The number of amides is 1. The Bertz CT molecular complexity index is 852. The SMILES string of the molecule is Cc1cnn([C@@H]2CCCN(C(=O)c3ccc(-n4cnnc4)cc3)C2)c1. The number of nitrogens with zero attached hydrogens (tertiary/aromatic N) is 6. The van der Waals surface area contributed by atoms with Crippen molar-refractivity contribution in [3.8, 4) is 5.69 Å². The van der Waals surface area contributed by atoms with Crippen molar-refractivity contribution in [1.29, 1.82) is 0 Å². The predicted octanol–water partition coefficient (Wildman–Crippen LogP) is 2.25. The summed E-state index contributed by atoms with van der Waals surface area (Å²) in [5, 5.41) is 12.0. The van der Waals surface area contributed by atoms with E-state index in [1.165, 1.54) is 0 Å². The van der Waals surface area contributed by atoms with Crippen LogP contribution < -0.4 is 0 Å². The maximum atomic E-state index is 12.8. The van der Waals surface area contributed by atoms with E-state index < -0.39 is 0 Å². The highest BCUT2D eigenvalue weighted by atomic mass is 16.2. The summed E-state index contributed by atoms with van der Waals surface area (Å²) >= 11 is 0. The van der Waals surface area contributed by atoms with Crippen molar-refractivity contribution in [2.75, 3.05) is 13.1 Å². The highest BCUT2D eigenvalue weighted by Gasteiger charge is 2.25. The van der Waals surface area contributed by atoms with Crippen LogP contribution in [0.25, 0.3) is 5.69 Å². The molecule has 1 aliphatic rings. The Balaban J connectivity index is 1.48. The van der Waals surface area contributed by atoms with E-state index in [9.17, 15) is 4.79 Å². The van der Waals surface area contributed by atoms with Crippen LogP contribution >= 0.6 is 0 Å². The molecule has 1 aromatic carbocycles. The Morgan fingerprint density at radius 1 is 1.16 bits per heavy atom. The second-order valence-corrected chi connectivity index (χ2v) is 6.46. The van der Waals surface area contributed by atoms with E-state index in [-0.39, 0.29) is 11.9 Å². The van der Waals surface area contributed by atoms with Crippen LogP contribution in [0.5, 0.6) is 0 Å². The number of hydrogen-bond donors (Lipinski definition) is 0. The lowest BCUT2D eigenvalue weighted by Gasteiger charge is -2.33. The first-order valence-corrected chi connectivity index (χ1v) is 8.46. The Morgan fingerprint density at radius 2 is 1.92 bits per heavy atom. The summed E-state index contributed by atoms with van der Waals surface area (Å²) in [6.07, 6.45) is 9.23. The predicted molar refractivity (Wildman–Crippen MR) is 92.5 cm³/mol. The van der Waals surface area contributed by atoms with Gasteiger partial charge in [-0.05, 0) is 49.6 Å². The summed E-state index contributed by atoms with van der Waals surface area (Å²) in [4.78, 5) is 14.8. The molecule has 2 aromatic heterocycles. The van der Waals surface area contributed by atoms with Crippen molar-refractivity contribution < 1.29 is 4.79 Å². The van der Waals surface area contributed by atoms with Gasteiger partial charge in [-0.2, -0.15) is 5.10 Å². The number of benzene rings is 1. The van der Waals surface area contributed by atoms with Crippen LogP contribution in [-0.4, -0.2) is 48.4 Å². The molecule has 1 aliphatic heterocycles. The molecular weight excluding hydrogens is 316 g/mol. The van der Waals surface area contributed by atoms with E-state index in [1.807, 2.05) is 57.7 Å². The number of piperidine rings is 1. The molecule has 0 spiro atoms. The molecule has 1 atom stereocenters. The molecule has 3 heterocycles. The van der Waals surface area contributed by atoms with Crippen molar-refractivity contribution >= 4 is 5.91 Å². The number of carbonyl (C=O) groups is 1. The molecule has 128 valence electrons. The van der Waals surface area contributed by atoms with E-state index in [2.05, 4.69) is 15.3 Å². The van der Waals surface area contributed by atoms with Crippen molar-refractivity contribution in [3.05, 3.63) is 60.4 Å². The molecule has 1 amide bonds. The fourth-order valence-electron chi connectivity index (χ4n) is 3.28. The van der Waals surface area contributed by atoms with Crippen LogP contribution in [0.15, 0.2) is 49.3 Å². The second-order valence-electron chi connectivity index (χ2n) is 6.46. The van der Waals surface area contributed by atoms with Gasteiger partial charge in [0.05, 0.1) is 12.2 Å². The zero-order valence-corrected chi connectivity index (χ0v) is 14.1. The molecule has 0 unspecified atom stereocenters. The first kappa shape index (κ1) is 15.6. The number of carbonyl (C=O) groups excluding carboxylic acids is 1. The fourth-order valence-corrected chi connectivity index (χ4v) is 3.28. The van der Waals surface area contributed by atoms with Crippen LogP contribution in [0.2, 0.25) is 0 Å². The van der Waals surface area contributed by atoms with Gasteiger partial charge in [-0.3, -0.25) is 14.0 Å². The largest absolute Gasteiger partial charge is 0.337 e. The minimum Gasteiger partial charge on any atom is -0.337 e. The maximum absolute atomic E-state index is 12.8. The third-order valence-corrected chi connectivity index (χ3v) is 4.62. The van der Waals surface area contributed by atoms with Gasteiger partial charge in [-0.25, -0.2) is 0 Å². The monoisotopic (exact) mass is 336 g/mol. The summed E-state index contributed by atoms with van der Waals surface area (Å²) in [7, 11) is 0. The molecule has 0 N–H and O–H groups in total. The van der Waals surface area contributed by atoms with Gasteiger partial charge < -0.3 is 4.90 Å². The van der Waals surface area contributed by atoms with E-state index in [0.717, 1.165) is 30.6 Å². The fraction of sp³-hybridized carbons (Fsp3) is 0.333. The van der Waals surface area contributed by atoms with Gasteiger partial charge in [0.15, 0.2) is 0 Å². The van der Waals surface area contributed by atoms with E-state index >= 15 is 0 Å². The Hall–Kier alpha value is -2.96. The van der Waals surface area contributed by atoms with Crippen LogP contribution in [0.4, 0.5) is 0 Å². The van der Waals surface area contributed by atoms with Crippen LogP contribution in [0, 0.1) is 6.92 Å². The van der Waals surface area contributed by atoms with Gasteiger partial charge in [0, 0.05) is 30.5 Å². The van der Waals surface area contributed by atoms with Gasteiger partial charge in [-0.15, -0.1) is 10.2 Å². The van der Waals surface area contributed by atoms with E-state index in [0.29, 0.717) is 12.1 Å². The molecule has 7 heteroatoms. The Labute approximate surface area is 145 Å². The number of aromatic nitrogens is 5. The van der Waals surface area contributed by atoms with Crippen molar-refractivity contribution in [1.82, 2.24) is 29.4 Å². The highest BCUT2D eigenvalue weighted by Crippen LogP contribution is 2.23. The average Bonchev–Trinajstić information content (AvgIpc) is 3.33. The van der Waals surface area contributed by atoms with Crippen LogP contribution in [0.3, 0.4) is 0 Å². The molecule has 0 radical (unpaired) electrons. The molecule has 0 bridgehead atoms. The van der Waals surface area contributed by atoms with Gasteiger partial charge in [-0.1, -0.05) is 0 Å². The van der Waals surface area contributed by atoms with Crippen molar-refractivity contribution in [2.24, 2.45) is 0 Å². The summed E-state index contributed by atoms with van der Waals surface area (Å²) in [5.41, 5.74) is 2.78. The number of hydrogen-bond acceptors (Lipinski definition) is 4. The molecule has 3 aromatic rings. The average molecular weight is 336 g/mol. The summed E-state index contributed by atoms with van der Waals surface area (Å²) in [6, 6.07) is 7.80. The second kappa shape index (κ2) is 6.51. The topological polar surface area (TPSA) is 68.8 Å². The lowest BCUT2D eigenvalue weighted by molar-refractivity contribution is 0.0673. The smallest absolute Gasteiger partial charge is 0.253 e. The zero-order chi connectivity index (χ0) is 17.2. The molecule has 0 saturated carbocycles. The molecule has 25 heavy (non-hydrogen) atoms. The maximum Gasteiger partial charge on any atom is 0.253 e. The first-order valence-electron chi connectivity index (χ1n) is 8.46. The molecule has 7 nitrogen and oxygen atoms in total. The Morgan fingerprint density at radius 3 is 2.60 bits per heavy atom. The van der Waals surface area contributed by atoms with Gasteiger partial charge >= 0.3 is 0 Å². The first-order chi connectivity index (χ1) is 12.2. The van der Waals surface area contributed by atoms with Crippen LogP contribution in [-0.2, 0) is 0 Å². The standard InChI is InChI=1S/C18H20N6O/c1-14-9-21-24(10-14)17-3-2-8-22(11-17)18(25)15-4-6-16(7-5-15)23-12-19-20-13-23/h4-7,9-10,12-13,17H,2-3,8,11H2,1H3/t17-/m1/s1. The molecule has 4 rings (SSSR count). The summed E-state index contributed by atoms with van der Waals surface area (Å²) in [6.45, 7) is 3.53. The summed E-state index contributed by atoms with van der Waals surface area (Å²) in [5.74, 6) is 0.0730. The van der Waals surface area contributed by atoms with Crippen molar-refractivity contribution in [3.63, 3.8) is 0 Å². The lowest BCUT2D eigenvalue weighted by atomic mass is 10.0. The molecular formula is C18H20N6O. The van der Waals surface area contributed by atoms with Gasteiger partial charge in [0.25, 0.3) is 5.91 Å². The quantitative estimate of drug-likeness (QED) is 0.736.